The average molecular weight is 514 g/mol. The molecule has 1 amide bonds. The number of aliphatic hydroxyl groups is 4. The molecular formula is C30H59NO5. The van der Waals surface area contributed by atoms with Crippen LogP contribution in [0.5, 0.6) is 0 Å². The quantitative estimate of drug-likeness (QED) is 0.0726. The molecule has 4 unspecified atom stereocenters. The van der Waals surface area contributed by atoms with E-state index in [2.05, 4.69) is 31.3 Å². The number of allylic oxidation sites excluding steroid dienone is 2. The lowest BCUT2D eigenvalue weighted by Crippen LogP contribution is -2.53. The van der Waals surface area contributed by atoms with Crippen LogP contribution in [0.1, 0.15) is 142 Å². The van der Waals surface area contributed by atoms with Gasteiger partial charge in [0, 0.05) is 0 Å². The van der Waals surface area contributed by atoms with Gasteiger partial charge in [0.15, 0.2) is 0 Å². The molecule has 0 saturated heterocycles. The molecule has 0 aromatic carbocycles. The summed E-state index contributed by atoms with van der Waals surface area (Å²) in [5.74, 6) is -0.606. The van der Waals surface area contributed by atoms with Gasteiger partial charge in [-0.25, -0.2) is 0 Å². The van der Waals surface area contributed by atoms with Crippen molar-refractivity contribution in [3.05, 3.63) is 12.2 Å². The SMILES string of the molecule is CCCCCCCC/C=C\CCCCC(O)C(=O)NC(CO)C(O)C(O)CCCCCCCCCC. The van der Waals surface area contributed by atoms with Crippen molar-refractivity contribution in [2.75, 3.05) is 6.61 Å². The van der Waals surface area contributed by atoms with Gasteiger partial charge in [0.1, 0.15) is 12.2 Å². The molecule has 4 atom stereocenters. The van der Waals surface area contributed by atoms with Crippen LogP contribution in [0.3, 0.4) is 0 Å². The summed E-state index contributed by atoms with van der Waals surface area (Å²) in [5.41, 5.74) is 0. The fourth-order valence-electron chi connectivity index (χ4n) is 4.45. The van der Waals surface area contributed by atoms with E-state index in [1.54, 1.807) is 0 Å². The van der Waals surface area contributed by atoms with Crippen molar-refractivity contribution in [2.45, 2.75) is 167 Å². The first-order valence-electron chi connectivity index (χ1n) is 15.1. The average Bonchev–Trinajstić information content (AvgIpc) is 2.88. The number of nitrogens with one attached hydrogen (secondary N) is 1. The Bertz CT molecular complexity index is 514. The Morgan fingerprint density at radius 2 is 1.11 bits per heavy atom. The third-order valence-corrected chi connectivity index (χ3v) is 6.98. The topological polar surface area (TPSA) is 110 Å². The zero-order valence-corrected chi connectivity index (χ0v) is 23.5. The maximum atomic E-state index is 12.3. The molecule has 0 aromatic heterocycles. The molecule has 214 valence electrons. The van der Waals surface area contributed by atoms with E-state index in [1.807, 2.05) is 0 Å². The smallest absolute Gasteiger partial charge is 0.249 e. The summed E-state index contributed by atoms with van der Waals surface area (Å²) in [7, 11) is 0. The first kappa shape index (κ1) is 35.0. The van der Waals surface area contributed by atoms with Crippen molar-refractivity contribution in [2.24, 2.45) is 0 Å². The minimum atomic E-state index is -1.26. The Labute approximate surface area is 222 Å². The second kappa shape index (κ2) is 25.7. The van der Waals surface area contributed by atoms with E-state index < -0.39 is 36.9 Å². The van der Waals surface area contributed by atoms with E-state index in [0.717, 1.165) is 44.9 Å². The summed E-state index contributed by atoms with van der Waals surface area (Å²) in [6, 6.07) is -0.985. The first-order valence-corrected chi connectivity index (χ1v) is 15.1. The van der Waals surface area contributed by atoms with Gasteiger partial charge in [-0.3, -0.25) is 4.79 Å². The third-order valence-electron chi connectivity index (χ3n) is 6.98. The van der Waals surface area contributed by atoms with Gasteiger partial charge in [-0.15, -0.1) is 0 Å². The molecule has 5 N–H and O–H groups in total. The van der Waals surface area contributed by atoms with Gasteiger partial charge >= 0.3 is 0 Å². The van der Waals surface area contributed by atoms with Crippen molar-refractivity contribution in [1.82, 2.24) is 5.32 Å². The van der Waals surface area contributed by atoms with Crippen LogP contribution in [0.25, 0.3) is 0 Å². The van der Waals surface area contributed by atoms with Crippen molar-refractivity contribution >= 4 is 5.91 Å². The second-order valence-corrected chi connectivity index (χ2v) is 10.4. The highest BCUT2D eigenvalue weighted by Gasteiger charge is 2.28. The molecule has 0 bridgehead atoms. The molecule has 0 aliphatic carbocycles. The van der Waals surface area contributed by atoms with E-state index in [1.165, 1.54) is 70.6 Å². The number of unbranched alkanes of at least 4 members (excludes halogenated alkanes) is 15. The molecular weight excluding hydrogens is 454 g/mol. The monoisotopic (exact) mass is 513 g/mol. The van der Waals surface area contributed by atoms with Crippen molar-refractivity contribution in [1.29, 1.82) is 0 Å². The number of hydrogen-bond acceptors (Lipinski definition) is 5. The van der Waals surface area contributed by atoms with Gasteiger partial charge in [-0.1, -0.05) is 116 Å². The number of hydrogen-bond donors (Lipinski definition) is 5. The Kier molecular flexibility index (Phi) is 25.0. The van der Waals surface area contributed by atoms with Gasteiger partial charge in [0.25, 0.3) is 0 Å². The van der Waals surface area contributed by atoms with Crippen molar-refractivity contribution in [3.63, 3.8) is 0 Å². The zero-order valence-electron chi connectivity index (χ0n) is 23.5. The molecule has 6 nitrogen and oxygen atoms in total. The molecule has 0 aliphatic rings. The predicted octanol–water partition coefficient (Wildman–Crippen LogP) is 5.94. The lowest BCUT2D eigenvalue weighted by Gasteiger charge is -2.27. The highest BCUT2D eigenvalue weighted by atomic mass is 16.3. The molecule has 36 heavy (non-hydrogen) atoms. The molecule has 6 heteroatoms. The second-order valence-electron chi connectivity index (χ2n) is 10.4. The van der Waals surface area contributed by atoms with Crippen molar-refractivity contribution in [3.8, 4) is 0 Å². The molecule has 0 spiro atoms. The van der Waals surface area contributed by atoms with Gasteiger partial charge in [-0.2, -0.15) is 0 Å². The van der Waals surface area contributed by atoms with Crippen molar-refractivity contribution < 1.29 is 25.2 Å². The van der Waals surface area contributed by atoms with Crippen LogP contribution in [0.2, 0.25) is 0 Å². The van der Waals surface area contributed by atoms with Gasteiger partial charge < -0.3 is 25.7 Å². The minimum Gasteiger partial charge on any atom is -0.394 e. The number of aliphatic hydroxyl groups excluding tert-OH is 4. The summed E-state index contributed by atoms with van der Waals surface area (Å²) >= 11 is 0. The van der Waals surface area contributed by atoms with Gasteiger partial charge in [0.05, 0.1) is 18.8 Å². The van der Waals surface area contributed by atoms with Crippen LogP contribution >= 0.6 is 0 Å². The maximum absolute atomic E-state index is 12.3. The van der Waals surface area contributed by atoms with E-state index in [0.29, 0.717) is 12.8 Å². The molecule has 0 aliphatic heterocycles. The molecule has 0 saturated carbocycles. The molecule has 0 aromatic rings. The Hall–Kier alpha value is -0.950. The van der Waals surface area contributed by atoms with Gasteiger partial charge in [0.2, 0.25) is 5.91 Å². The van der Waals surface area contributed by atoms with Crippen LogP contribution in [0.4, 0.5) is 0 Å². The highest BCUT2D eigenvalue weighted by Crippen LogP contribution is 2.14. The first-order chi connectivity index (χ1) is 17.5. The van der Waals surface area contributed by atoms with E-state index in [9.17, 15) is 25.2 Å². The standard InChI is InChI=1S/C30H59NO5/c1-3-5-7-9-11-13-14-15-16-18-20-22-24-28(34)30(36)31-26(25-32)29(35)27(33)23-21-19-17-12-10-8-6-4-2/h15-16,26-29,32-35H,3-14,17-25H2,1-2H3,(H,31,36)/b16-15-. The summed E-state index contributed by atoms with van der Waals surface area (Å²) in [6.07, 6.45) is 22.4. The molecule has 0 rings (SSSR count). The number of carbonyl (C=O) groups excluding carboxylic acids is 1. The van der Waals surface area contributed by atoms with Crippen LogP contribution < -0.4 is 5.32 Å². The largest absolute Gasteiger partial charge is 0.394 e. The Morgan fingerprint density at radius 3 is 1.64 bits per heavy atom. The lowest BCUT2D eigenvalue weighted by atomic mass is 9.99. The molecule has 0 radical (unpaired) electrons. The van der Waals surface area contributed by atoms with E-state index >= 15 is 0 Å². The Morgan fingerprint density at radius 1 is 0.667 bits per heavy atom. The summed E-state index contributed by atoms with van der Waals surface area (Å²) in [5, 5.41) is 42.9. The Balaban J connectivity index is 3.96. The van der Waals surface area contributed by atoms with Crippen LogP contribution in [-0.2, 0) is 4.79 Å². The summed E-state index contributed by atoms with van der Waals surface area (Å²) in [4.78, 5) is 12.3. The molecule has 0 heterocycles. The van der Waals surface area contributed by atoms with E-state index in [4.69, 9.17) is 0 Å². The normalized spacial score (nSPS) is 15.2. The predicted molar refractivity (Wildman–Crippen MR) is 150 cm³/mol. The van der Waals surface area contributed by atoms with E-state index in [-0.39, 0.29) is 0 Å². The summed E-state index contributed by atoms with van der Waals surface area (Å²) < 4.78 is 0. The van der Waals surface area contributed by atoms with Crippen LogP contribution in [0.15, 0.2) is 12.2 Å². The lowest BCUT2D eigenvalue weighted by molar-refractivity contribution is -0.132. The summed E-state index contributed by atoms with van der Waals surface area (Å²) in [6.45, 7) is 3.94. The number of carbonyl (C=O) groups is 1. The zero-order chi connectivity index (χ0) is 26.9. The minimum absolute atomic E-state index is 0.339. The fraction of sp³-hybridized carbons (Fsp3) is 0.900. The van der Waals surface area contributed by atoms with Crippen LogP contribution in [-0.4, -0.2) is 57.3 Å². The highest BCUT2D eigenvalue weighted by molar-refractivity contribution is 5.80. The van der Waals surface area contributed by atoms with Crippen LogP contribution in [0, 0.1) is 0 Å². The maximum Gasteiger partial charge on any atom is 0.249 e. The molecule has 0 fully saturated rings. The third kappa shape index (κ3) is 20.1. The number of amides is 1. The number of rotatable bonds is 26. The fourth-order valence-corrected chi connectivity index (χ4v) is 4.45. The van der Waals surface area contributed by atoms with Gasteiger partial charge in [-0.05, 0) is 38.5 Å².